The van der Waals surface area contributed by atoms with Crippen LogP contribution in [0, 0.1) is 0 Å². The molecule has 0 unspecified atom stereocenters. The Balaban J connectivity index is 3.76. The molecule has 0 amide bonds. The summed E-state index contributed by atoms with van der Waals surface area (Å²) in [7, 11) is 0. The molecule has 10 heavy (non-hydrogen) atoms. The van der Waals surface area contributed by atoms with E-state index in [1.54, 1.807) is 0 Å². The van der Waals surface area contributed by atoms with E-state index in [1.165, 1.54) is 0 Å². The lowest BCUT2D eigenvalue weighted by atomic mass is 10.1. The van der Waals surface area contributed by atoms with Gasteiger partial charge >= 0.3 is 0 Å². The monoisotopic (exact) mass is 146 g/mol. The lowest BCUT2D eigenvalue weighted by Gasteiger charge is -1.96. The summed E-state index contributed by atoms with van der Waals surface area (Å²) >= 11 is 0. The predicted molar refractivity (Wildman–Crippen MR) is 43.8 cm³/mol. The number of hydrogen-bond donors (Lipinski definition) is 1. The standard InChI is InChI=1S/C9H13N/c10-8-4-7-9-5-2-1-3-6-9/h1-3,5-6H,4,7-8,10H2/i1D,2D,3D,4D2,5D,6D,7D2,8D2. The third-order valence-electron chi connectivity index (χ3n) is 0.760. The highest BCUT2D eigenvalue weighted by atomic mass is 14.5. The second-order valence-corrected chi connectivity index (χ2v) is 1.39. The van der Waals surface area contributed by atoms with Gasteiger partial charge < -0.3 is 5.73 Å². The molecule has 0 radical (unpaired) electrons. The summed E-state index contributed by atoms with van der Waals surface area (Å²) < 4.78 is 82.7. The molecule has 1 aromatic carbocycles. The lowest BCUT2D eigenvalue weighted by Crippen LogP contribution is -1.99. The number of rotatable bonds is 3. The molecule has 0 saturated heterocycles. The normalized spacial score (nSPS) is 29.9. The van der Waals surface area contributed by atoms with Crippen LogP contribution < -0.4 is 5.73 Å². The fraction of sp³-hybridized carbons (Fsp3) is 0.333. The highest BCUT2D eigenvalue weighted by Crippen LogP contribution is 2.00. The van der Waals surface area contributed by atoms with Gasteiger partial charge in [0.2, 0.25) is 0 Å². The molecule has 54 valence electrons. The van der Waals surface area contributed by atoms with Gasteiger partial charge in [0.1, 0.15) is 0 Å². The lowest BCUT2D eigenvalue weighted by molar-refractivity contribution is 0.833. The number of benzene rings is 1. The van der Waals surface area contributed by atoms with E-state index in [0.29, 0.717) is 0 Å². The first-order chi connectivity index (χ1) is 9.18. The number of hydrogen-bond acceptors (Lipinski definition) is 1. The van der Waals surface area contributed by atoms with Crippen molar-refractivity contribution in [1.29, 1.82) is 0 Å². The summed E-state index contributed by atoms with van der Waals surface area (Å²) in [5, 5.41) is 0. The van der Waals surface area contributed by atoms with E-state index in [2.05, 4.69) is 0 Å². The van der Waals surface area contributed by atoms with E-state index in [0.717, 1.165) is 0 Å². The van der Waals surface area contributed by atoms with Gasteiger partial charge in [0.25, 0.3) is 0 Å². The van der Waals surface area contributed by atoms with Gasteiger partial charge in [0.15, 0.2) is 0 Å². The van der Waals surface area contributed by atoms with Crippen LogP contribution in [0.2, 0.25) is 0 Å². The van der Waals surface area contributed by atoms with Crippen LogP contribution in [-0.2, 0) is 6.37 Å². The summed E-state index contributed by atoms with van der Waals surface area (Å²) in [5.41, 5.74) is 4.04. The van der Waals surface area contributed by atoms with E-state index in [9.17, 15) is 0 Å². The summed E-state index contributed by atoms with van der Waals surface area (Å²) in [6, 6.07) is -4.27. The van der Waals surface area contributed by atoms with Crippen molar-refractivity contribution in [3.8, 4) is 0 Å². The third-order valence-corrected chi connectivity index (χ3v) is 0.760. The van der Waals surface area contributed by atoms with Crippen molar-refractivity contribution in [2.24, 2.45) is 5.73 Å². The van der Waals surface area contributed by atoms with Gasteiger partial charge in [-0.25, -0.2) is 0 Å². The molecule has 2 N–H and O–H groups in total. The Hall–Kier alpha value is -0.820. The Morgan fingerprint density at radius 2 is 2.10 bits per heavy atom. The highest BCUT2D eigenvalue weighted by molar-refractivity contribution is 5.14. The Bertz CT molecular complexity index is 545. The van der Waals surface area contributed by atoms with Crippen LogP contribution >= 0.6 is 0 Å². The Morgan fingerprint density at radius 3 is 2.70 bits per heavy atom. The molecule has 0 saturated carbocycles. The maximum atomic E-state index is 7.77. The molecule has 1 heteroatoms. The van der Waals surface area contributed by atoms with Crippen molar-refractivity contribution in [1.82, 2.24) is 0 Å². The van der Waals surface area contributed by atoms with Crippen molar-refractivity contribution in [3.63, 3.8) is 0 Å². The van der Waals surface area contributed by atoms with E-state index in [4.69, 9.17) is 20.8 Å². The van der Waals surface area contributed by atoms with Gasteiger partial charge in [-0.1, -0.05) is 30.2 Å². The molecule has 0 spiro atoms. The van der Waals surface area contributed by atoms with E-state index in [-0.39, 0.29) is 0 Å². The first-order valence-corrected chi connectivity index (χ1v) is 2.54. The van der Waals surface area contributed by atoms with Crippen LogP contribution in [-0.4, -0.2) is 6.50 Å². The SMILES string of the molecule is [2H]c1c([2H])c([2H])c(C([2H])([2H])C([2H])([2H])C([2H])([2H])N)c([2H])c1[2H]. The van der Waals surface area contributed by atoms with E-state index < -0.39 is 55.0 Å². The molecular weight excluding hydrogens is 122 g/mol. The molecule has 0 fully saturated rings. The average Bonchev–Trinajstić information content (AvgIpc) is 2.32. The predicted octanol–water partition coefficient (Wildman–Crippen LogP) is 1.58. The summed E-state index contributed by atoms with van der Waals surface area (Å²) in [4.78, 5) is 0. The maximum absolute atomic E-state index is 7.77. The summed E-state index contributed by atoms with van der Waals surface area (Å²) in [6.45, 7) is -3.13. The molecule has 0 aromatic heterocycles. The van der Waals surface area contributed by atoms with Crippen molar-refractivity contribution < 1.29 is 15.1 Å². The second-order valence-electron chi connectivity index (χ2n) is 1.39. The second kappa shape index (κ2) is 4.07. The van der Waals surface area contributed by atoms with Gasteiger partial charge in [-0.2, -0.15) is 0 Å². The van der Waals surface area contributed by atoms with Crippen molar-refractivity contribution in [2.45, 2.75) is 12.7 Å². The first-order valence-electron chi connectivity index (χ1n) is 8.04. The highest BCUT2D eigenvalue weighted by Gasteiger charge is 1.87. The van der Waals surface area contributed by atoms with Crippen molar-refractivity contribution in [3.05, 3.63) is 35.8 Å². The Morgan fingerprint density at radius 1 is 1.40 bits per heavy atom. The van der Waals surface area contributed by atoms with Crippen LogP contribution in [0.4, 0.5) is 0 Å². The van der Waals surface area contributed by atoms with E-state index >= 15 is 0 Å². The van der Waals surface area contributed by atoms with Gasteiger partial charge in [0.05, 0.1) is 6.85 Å². The minimum absolute atomic E-state index is 0.749. The van der Waals surface area contributed by atoms with Gasteiger partial charge in [-0.3, -0.25) is 0 Å². The molecule has 0 aliphatic heterocycles. The zero-order valence-corrected chi connectivity index (χ0v) is 5.08. The van der Waals surface area contributed by atoms with Crippen LogP contribution in [0.3, 0.4) is 0 Å². The molecule has 1 nitrogen and oxygen atoms in total. The molecular formula is C9H13N. The Kier molecular flexibility index (Phi) is 0.614. The minimum Gasteiger partial charge on any atom is -0.330 e. The topological polar surface area (TPSA) is 26.0 Å². The summed E-state index contributed by atoms with van der Waals surface area (Å²) in [6.07, 6.45) is -6.56. The molecule has 0 bridgehead atoms. The smallest absolute Gasteiger partial charge is 0.0626 e. The first kappa shape index (κ1) is 1.51. The summed E-state index contributed by atoms with van der Waals surface area (Å²) in [5.74, 6) is 0. The van der Waals surface area contributed by atoms with Crippen LogP contribution in [0.25, 0.3) is 0 Å². The Labute approximate surface area is 77.3 Å². The quantitative estimate of drug-likeness (QED) is 0.688. The molecule has 1 aromatic rings. The zero-order chi connectivity index (χ0) is 17.0. The molecule has 0 aliphatic rings. The number of nitrogens with two attached hydrogens (primary N) is 1. The molecule has 0 heterocycles. The maximum Gasteiger partial charge on any atom is 0.0626 e. The van der Waals surface area contributed by atoms with Crippen molar-refractivity contribution >= 4 is 0 Å². The molecule has 0 atom stereocenters. The largest absolute Gasteiger partial charge is 0.330 e. The van der Waals surface area contributed by atoms with Gasteiger partial charge in [0, 0.05) is 8.22 Å². The van der Waals surface area contributed by atoms with Crippen LogP contribution in [0.5, 0.6) is 0 Å². The van der Waals surface area contributed by atoms with Gasteiger partial charge in [-0.15, -0.1) is 0 Å². The van der Waals surface area contributed by atoms with E-state index in [1.807, 2.05) is 0 Å². The fourth-order valence-corrected chi connectivity index (χ4v) is 0.411. The third kappa shape index (κ3) is 2.19. The van der Waals surface area contributed by atoms with Gasteiger partial charge in [-0.05, 0) is 24.8 Å². The van der Waals surface area contributed by atoms with Crippen LogP contribution in [0.1, 0.15) is 27.0 Å². The average molecular weight is 146 g/mol. The zero-order valence-electron chi connectivity index (χ0n) is 16.1. The van der Waals surface area contributed by atoms with Crippen molar-refractivity contribution in [2.75, 3.05) is 6.50 Å². The van der Waals surface area contributed by atoms with Crippen LogP contribution in [0.15, 0.2) is 30.2 Å². The fourth-order valence-electron chi connectivity index (χ4n) is 0.411. The minimum atomic E-state index is -3.33. The molecule has 1 rings (SSSR count). The molecule has 0 aliphatic carbocycles.